The maximum atomic E-state index is 12.0. The molecular formula is C10H15NO4S2. The van der Waals surface area contributed by atoms with Gasteiger partial charge in [0.1, 0.15) is 4.90 Å². The molecule has 0 saturated carbocycles. The fourth-order valence-electron chi connectivity index (χ4n) is 1.54. The zero-order chi connectivity index (χ0) is 13.2. The lowest BCUT2D eigenvalue weighted by molar-refractivity contribution is 0.0692. The standard InChI is InChI=1S/C10H15NO4S2/c1-4-5-11-17(14,15)9-7(3)16-6(2)8(9)10(12)13/h11H,4-5H2,1-3H3,(H,12,13). The predicted molar refractivity (Wildman–Crippen MR) is 66.2 cm³/mol. The second-order valence-corrected chi connectivity index (χ2v) is 6.75. The zero-order valence-corrected chi connectivity index (χ0v) is 11.5. The van der Waals surface area contributed by atoms with E-state index in [0.29, 0.717) is 22.7 Å². The van der Waals surface area contributed by atoms with E-state index in [1.165, 1.54) is 11.3 Å². The van der Waals surface area contributed by atoms with Crippen LogP contribution < -0.4 is 4.72 Å². The zero-order valence-electron chi connectivity index (χ0n) is 9.90. The minimum atomic E-state index is -3.73. The third kappa shape index (κ3) is 2.85. The van der Waals surface area contributed by atoms with Gasteiger partial charge in [0, 0.05) is 16.3 Å². The van der Waals surface area contributed by atoms with Gasteiger partial charge in [0.25, 0.3) is 0 Å². The lowest BCUT2D eigenvalue weighted by Crippen LogP contribution is -2.26. The van der Waals surface area contributed by atoms with E-state index in [1.807, 2.05) is 6.92 Å². The molecule has 0 unspecified atom stereocenters. The monoisotopic (exact) mass is 277 g/mol. The minimum Gasteiger partial charge on any atom is -0.478 e. The van der Waals surface area contributed by atoms with Crippen LogP contribution in [0.1, 0.15) is 33.5 Å². The molecule has 0 radical (unpaired) electrons. The lowest BCUT2D eigenvalue weighted by atomic mass is 10.2. The van der Waals surface area contributed by atoms with Gasteiger partial charge in [-0.2, -0.15) is 0 Å². The molecular weight excluding hydrogens is 262 g/mol. The Morgan fingerprint density at radius 3 is 2.41 bits per heavy atom. The van der Waals surface area contributed by atoms with Crippen molar-refractivity contribution in [3.05, 3.63) is 15.3 Å². The number of carboxylic acid groups (broad SMARTS) is 1. The third-order valence-corrected chi connectivity index (χ3v) is 5.01. The molecule has 1 aromatic heterocycles. The molecule has 1 heterocycles. The predicted octanol–water partition coefficient (Wildman–Crippen LogP) is 1.75. The van der Waals surface area contributed by atoms with E-state index in [1.54, 1.807) is 13.8 Å². The van der Waals surface area contributed by atoms with Gasteiger partial charge in [-0.25, -0.2) is 17.9 Å². The van der Waals surface area contributed by atoms with Crippen LogP contribution >= 0.6 is 11.3 Å². The van der Waals surface area contributed by atoms with Crippen molar-refractivity contribution in [1.82, 2.24) is 4.72 Å². The summed E-state index contributed by atoms with van der Waals surface area (Å²) in [7, 11) is -3.73. The van der Waals surface area contributed by atoms with Crippen LogP contribution in [-0.4, -0.2) is 26.0 Å². The summed E-state index contributed by atoms with van der Waals surface area (Å²) < 4.78 is 26.4. The summed E-state index contributed by atoms with van der Waals surface area (Å²) in [6.07, 6.45) is 0.657. The van der Waals surface area contributed by atoms with Gasteiger partial charge in [0.2, 0.25) is 10.0 Å². The first-order chi connectivity index (χ1) is 7.81. The van der Waals surface area contributed by atoms with Crippen molar-refractivity contribution in [2.45, 2.75) is 32.1 Å². The van der Waals surface area contributed by atoms with Gasteiger partial charge >= 0.3 is 5.97 Å². The molecule has 0 saturated heterocycles. The van der Waals surface area contributed by atoms with Gasteiger partial charge < -0.3 is 5.11 Å². The number of thiophene rings is 1. The van der Waals surface area contributed by atoms with Crippen LogP contribution in [0, 0.1) is 13.8 Å². The number of nitrogens with one attached hydrogen (secondary N) is 1. The van der Waals surface area contributed by atoms with Crippen LogP contribution in [0.5, 0.6) is 0 Å². The van der Waals surface area contributed by atoms with Crippen LogP contribution in [0.25, 0.3) is 0 Å². The van der Waals surface area contributed by atoms with E-state index >= 15 is 0 Å². The molecule has 0 aliphatic heterocycles. The Labute approximate surface area is 105 Å². The smallest absolute Gasteiger partial charge is 0.338 e. The number of rotatable bonds is 5. The van der Waals surface area contributed by atoms with E-state index in [2.05, 4.69) is 4.72 Å². The first-order valence-corrected chi connectivity index (χ1v) is 7.44. The van der Waals surface area contributed by atoms with Crippen molar-refractivity contribution in [3.8, 4) is 0 Å². The van der Waals surface area contributed by atoms with Gasteiger partial charge in [-0.05, 0) is 20.3 Å². The van der Waals surface area contributed by atoms with Crippen molar-refractivity contribution in [1.29, 1.82) is 0 Å². The average molecular weight is 277 g/mol. The Balaban J connectivity index is 3.35. The molecule has 0 atom stereocenters. The maximum Gasteiger partial charge on any atom is 0.338 e. The highest BCUT2D eigenvalue weighted by molar-refractivity contribution is 7.89. The number of hydrogen-bond donors (Lipinski definition) is 2. The number of carbonyl (C=O) groups is 1. The molecule has 17 heavy (non-hydrogen) atoms. The topological polar surface area (TPSA) is 83.5 Å². The molecule has 96 valence electrons. The highest BCUT2D eigenvalue weighted by Gasteiger charge is 2.28. The average Bonchev–Trinajstić information content (AvgIpc) is 2.51. The number of aromatic carboxylic acids is 1. The molecule has 1 aromatic rings. The van der Waals surface area contributed by atoms with Gasteiger partial charge in [0.15, 0.2) is 0 Å². The van der Waals surface area contributed by atoms with Crippen LogP contribution in [0.4, 0.5) is 0 Å². The molecule has 0 amide bonds. The Morgan fingerprint density at radius 2 is 1.94 bits per heavy atom. The fraction of sp³-hybridized carbons (Fsp3) is 0.500. The van der Waals surface area contributed by atoms with E-state index in [-0.39, 0.29) is 10.5 Å². The van der Waals surface area contributed by atoms with Crippen molar-refractivity contribution in [2.75, 3.05) is 6.54 Å². The molecule has 0 aliphatic carbocycles. The fourth-order valence-corrected chi connectivity index (χ4v) is 4.51. The second kappa shape index (κ2) is 5.16. The van der Waals surface area contributed by atoms with Gasteiger partial charge in [-0.15, -0.1) is 11.3 Å². The van der Waals surface area contributed by atoms with E-state index in [0.717, 1.165) is 0 Å². The van der Waals surface area contributed by atoms with Gasteiger partial charge in [0.05, 0.1) is 5.56 Å². The molecule has 7 heteroatoms. The highest BCUT2D eigenvalue weighted by atomic mass is 32.2. The maximum absolute atomic E-state index is 12.0. The molecule has 0 aromatic carbocycles. The third-order valence-electron chi connectivity index (χ3n) is 2.23. The first kappa shape index (κ1) is 14.1. The van der Waals surface area contributed by atoms with Crippen LogP contribution in [-0.2, 0) is 10.0 Å². The number of hydrogen-bond acceptors (Lipinski definition) is 4. The summed E-state index contributed by atoms with van der Waals surface area (Å²) in [5.74, 6) is -1.20. The molecule has 0 aliphatic rings. The molecule has 5 nitrogen and oxygen atoms in total. The summed E-state index contributed by atoms with van der Waals surface area (Å²) >= 11 is 1.18. The van der Waals surface area contributed by atoms with Gasteiger partial charge in [-0.1, -0.05) is 6.92 Å². The van der Waals surface area contributed by atoms with Crippen molar-refractivity contribution < 1.29 is 18.3 Å². The van der Waals surface area contributed by atoms with E-state index in [4.69, 9.17) is 5.11 Å². The Hall–Kier alpha value is -0.920. The van der Waals surface area contributed by atoms with Crippen LogP contribution in [0.3, 0.4) is 0 Å². The molecule has 0 spiro atoms. The summed E-state index contributed by atoms with van der Waals surface area (Å²) in [5.41, 5.74) is -0.115. The number of aryl methyl sites for hydroxylation is 2. The van der Waals surface area contributed by atoms with Crippen LogP contribution in [0.15, 0.2) is 4.90 Å². The summed E-state index contributed by atoms with van der Waals surface area (Å²) in [5, 5.41) is 9.06. The summed E-state index contributed by atoms with van der Waals surface area (Å²) in [4.78, 5) is 12.0. The molecule has 2 N–H and O–H groups in total. The van der Waals surface area contributed by atoms with Crippen molar-refractivity contribution >= 4 is 27.3 Å². The van der Waals surface area contributed by atoms with Crippen LogP contribution in [0.2, 0.25) is 0 Å². The van der Waals surface area contributed by atoms with E-state index in [9.17, 15) is 13.2 Å². The molecule has 0 bridgehead atoms. The Kier molecular flexibility index (Phi) is 4.29. The quantitative estimate of drug-likeness (QED) is 0.859. The molecule has 0 fully saturated rings. The Morgan fingerprint density at radius 1 is 1.35 bits per heavy atom. The van der Waals surface area contributed by atoms with Crippen molar-refractivity contribution in [2.24, 2.45) is 0 Å². The van der Waals surface area contributed by atoms with Crippen molar-refractivity contribution in [3.63, 3.8) is 0 Å². The summed E-state index contributed by atoms with van der Waals surface area (Å²) in [6.45, 7) is 5.37. The summed E-state index contributed by atoms with van der Waals surface area (Å²) in [6, 6.07) is 0. The number of sulfonamides is 1. The first-order valence-electron chi connectivity index (χ1n) is 5.14. The lowest BCUT2D eigenvalue weighted by Gasteiger charge is -2.06. The van der Waals surface area contributed by atoms with Gasteiger partial charge in [-0.3, -0.25) is 0 Å². The second-order valence-electron chi connectivity index (χ2n) is 3.62. The SMILES string of the molecule is CCCNS(=O)(=O)c1c(C)sc(C)c1C(=O)O. The highest BCUT2D eigenvalue weighted by Crippen LogP contribution is 2.31. The molecule has 1 rings (SSSR count). The van der Waals surface area contributed by atoms with E-state index < -0.39 is 16.0 Å². The Bertz CT molecular complexity index is 531. The normalized spacial score (nSPS) is 11.7. The number of carboxylic acids is 1. The largest absolute Gasteiger partial charge is 0.478 e. The minimum absolute atomic E-state index is 0.0963.